The number of nitrogens with zero attached hydrogens (tertiary/aromatic N) is 9. The van der Waals surface area contributed by atoms with E-state index in [-0.39, 0.29) is 0 Å². The van der Waals surface area contributed by atoms with Crippen molar-refractivity contribution in [2.75, 3.05) is 0 Å². The number of aromatic nitrogens is 9. The molecule has 9 nitrogen and oxygen atoms in total. The highest BCUT2D eigenvalue weighted by Crippen LogP contribution is 2.40. The molecule has 0 amide bonds. The van der Waals surface area contributed by atoms with Gasteiger partial charge in [-0.25, -0.2) is 29.9 Å². The molecule has 0 saturated carbocycles. The van der Waals surface area contributed by atoms with E-state index in [2.05, 4.69) is 224 Å². The van der Waals surface area contributed by atoms with Crippen LogP contribution in [0.5, 0.6) is 0 Å². The standard InChI is InChI=1S/C72H69N9/c1-40(2)46-13-19-61-55(34-46)56-35-47(41(3)4)14-20-62(56)79(61)67-25-28-73-70(76-67)52-31-53(71-74-29-26-68(77-71)80-63-21-15-48(42(5)6)36-57(63)58-37-49(43(7)8)16-22-64(58)80)33-54(32-52)72-75-30-27-69(78-72)81-65-23-17-50(44(9)10)38-59(65)60-39-51(45(11)12)18-24-66(60)81/h13-45H,1-12H3. The Morgan fingerprint density at radius 2 is 0.444 bits per heavy atom. The van der Waals surface area contributed by atoms with Crippen LogP contribution in [-0.2, 0) is 0 Å². The molecule has 81 heavy (non-hydrogen) atoms. The number of hydrogen-bond donors (Lipinski definition) is 0. The van der Waals surface area contributed by atoms with E-state index in [1.807, 2.05) is 36.8 Å². The summed E-state index contributed by atoms with van der Waals surface area (Å²) in [6.07, 6.45) is 5.61. The minimum absolute atomic E-state index is 0.387. The summed E-state index contributed by atoms with van der Waals surface area (Å²) < 4.78 is 6.86. The Hall–Kier alpha value is -8.82. The van der Waals surface area contributed by atoms with E-state index in [0.29, 0.717) is 53.0 Å². The lowest BCUT2D eigenvalue weighted by Gasteiger charge is -2.13. The van der Waals surface area contributed by atoms with Gasteiger partial charge in [0, 0.05) is 67.6 Å². The predicted molar refractivity (Wildman–Crippen MR) is 337 cm³/mol. The fourth-order valence-electron chi connectivity index (χ4n) is 11.9. The summed E-state index contributed by atoms with van der Waals surface area (Å²) in [5.74, 6) is 6.33. The number of hydrogen-bond acceptors (Lipinski definition) is 6. The quantitative estimate of drug-likeness (QED) is 0.121. The highest BCUT2D eigenvalue weighted by molar-refractivity contribution is 6.12. The average Bonchev–Trinajstić information content (AvgIpc) is 4.13. The molecule has 0 aliphatic heterocycles. The smallest absolute Gasteiger partial charge is 0.161 e. The fourth-order valence-corrected chi connectivity index (χ4v) is 11.9. The summed E-state index contributed by atoms with van der Waals surface area (Å²) in [5, 5.41) is 7.28. The number of benzene rings is 7. The molecule has 0 bridgehead atoms. The van der Waals surface area contributed by atoms with Crippen LogP contribution >= 0.6 is 0 Å². The van der Waals surface area contributed by atoms with Crippen LogP contribution in [0.25, 0.3) is 117 Å². The van der Waals surface area contributed by atoms with Crippen molar-refractivity contribution in [3.8, 4) is 51.6 Å². The zero-order valence-electron chi connectivity index (χ0n) is 48.6. The molecule has 7 aromatic carbocycles. The topological polar surface area (TPSA) is 92.1 Å². The molecular weight excluding hydrogens is 991 g/mol. The van der Waals surface area contributed by atoms with Gasteiger partial charge in [-0.15, -0.1) is 0 Å². The molecule has 0 aliphatic carbocycles. The maximum Gasteiger partial charge on any atom is 0.161 e. The third-order valence-corrected chi connectivity index (χ3v) is 16.8. The summed E-state index contributed by atoms with van der Waals surface area (Å²) in [6.45, 7) is 27.1. The van der Waals surface area contributed by atoms with Crippen molar-refractivity contribution in [3.05, 3.63) is 198 Å². The average molecular weight is 1060 g/mol. The SMILES string of the molecule is CC(C)c1ccc2c(c1)c1cc(C(C)C)ccc1n2-c1ccnc(-c2cc(-c3nccc(-n4c5ccc(C(C)C)cc5c5cc(C(C)C)ccc54)n3)cc(-c3nccc(-n4c5ccc(C(C)C)cc5c5cc(C(C)C)ccc54)n3)c2)n1. The van der Waals surface area contributed by atoms with Gasteiger partial charge in [-0.2, -0.15) is 0 Å². The number of fused-ring (bicyclic) bond motifs is 9. The van der Waals surface area contributed by atoms with Crippen LogP contribution in [0.4, 0.5) is 0 Å². The van der Waals surface area contributed by atoms with E-state index in [1.165, 1.54) is 65.7 Å². The largest absolute Gasteiger partial charge is 0.294 e. The first-order chi connectivity index (χ1) is 39.1. The third kappa shape index (κ3) is 8.94. The predicted octanol–water partition coefficient (Wildman–Crippen LogP) is 19.1. The molecule has 9 heteroatoms. The summed E-state index contributed by atoms with van der Waals surface area (Å²) in [7, 11) is 0. The second-order valence-electron chi connectivity index (χ2n) is 24.1. The minimum atomic E-state index is 0.387. The van der Waals surface area contributed by atoms with Crippen molar-refractivity contribution in [3.63, 3.8) is 0 Å². The van der Waals surface area contributed by atoms with Gasteiger partial charge in [0.15, 0.2) is 17.5 Å². The van der Waals surface area contributed by atoms with E-state index >= 15 is 0 Å². The normalized spacial score (nSPS) is 12.4. The van der Waals surface area contributed by atoms with Gasteiger partial charge in [0.2, 0.25) is 0 Å². The molecule has 6 heterocycles. The molecule has 6 aromatic heterocycles. The van der Waals surface area contributed by atoms with Crippen molar-refractivity contribution < 1.29 is 0 Å². The first-order valence-corrected chi connectivity index (χ1v) is 29.0. The minimum Gasteiger partial charge on any atom is -0.294 e. The molecule has 13 rings (SSSR count). The highest BCUT2D eigenvalue weighted by atomic mass is 15.1. The van der Waals surface area contributed by atoms with Gasteiger partial charge < -0.3 is 0 Å². The van der Waals surface area contributed by atoms with Gasteiger partial charge in [-0.05, 0) is 178 Å². The molecule has 0 spiro atoms. The maximum absolute atomic E-state index is 5.46. The molecular formula is C72H69N9. The Labute approximate surface area is 474 Å². The summed E-state index contributed by atoms with van der Waals surface area (Å²) >= 11 is 0. The molecule has 0 atom stereocenters. The Morgan fingerprint density at radius 3 is 0.630 bits per heavy atom. The van der Waals surface area contributed by atoms with E-state index in [1.54, 1.807) is 0 Å². The second-order valence-corrected chi connectivity index (χ2v) is 24.1. The third-order valence-electron chi connectivity index (χ3n) is 16.8. The maximum atomic E-state index is 5.46. The van der Waals surface area contributed by atoms with Gasteiger partial charge in [-0.1, -0.05) is 119 Å². The zero-order chi connectivity index (χ0) is 56.1. The molecule has 0 fully saturated rings. The highest BCUT2D eigenvalue weighted by Gasteiger charge is 2.22. The van der Waals surface area contributed by atoms with Crippen molar-refractivity contribution in [2.24, 2.45) is 0 Å². The molecule has 13 aromatic rings. The van der Waals surface area contributed by atoms with Crippen LogP contribution in [0.15, 0.2) is 164 Å². The van der Waals surface area contributed by atoms with Crippen LogP contribution in [0.1, 0.15) is 152 Å². The Bertz CT molecular complexity index is 3950. The van der Waals surface area contributed by atoms with Crippen molar-refractivity contribution in [1.82, 2.24) is 43.6 Å². The van der Waals surface area contributed by atoms with Crippen molar-refractivity contribution in [1.29, 1.82) is 0 Å². The summed E-state index contributed by atoms with van der Waals surface area (Å²) in [5.41, 5.74) is 16.8. The summed E-state index contributed by atoms with van der Waals surface area (Å²) in [4.78, 5) is 31.5. The van der Waals surface area contributed by atoms with E-state index < -0.39 is 0 Å². The van der Waals surface area contributed by atoms with Crippen molar-refractivity contribution >= 4 is 65.4 Å². The van der Waals surface area contributed by atoms with E-state index in [4.69, 9.17) is 29.9 Å². The molecule has 0 saturated heterocycles. The van der Waals surface area contributed by atoms with E-state index in [9.17, 15) is 0 Å². The van der Waals surface area contributed by atoms with Gasteiger partial charge in [-0.3, -0.25) is 13.7 Å². The Morgan fingerprint density at radius 1 is 0.247 bits per heavy atom. The lowest BCUT2D eigenvalue weighted by Crippen LogP contribution is -2.03. The van der Waals surface area contributed by atoms with Gasteiger partial charge >= 0.3 is 0 Å². The van der Waals surface area contributed by atoms with Gasteiger partial charge in [0.05, 0.1) is 33.1 Å². The van der Waals surface area contributed by atoms with Gasteiger partial charge in [0.1, 0.15) is 17.5 Å². The molecule has 0 radical (unpaired) electrons. The van der Waals surface area contributed by atoms with Crippen LogP contribution in [0.3, 0.4) is 0 Å². The molecule has 0 unspecified atom stereocenters. The van der Waals surface area contributed by atoms with E-state index in [0.717, 1.165) is 67.2 Å². The number of rotatable bonds is 12. The Balaban J connectivity index is 1.01. The van der Waals surface area contributed by atoms with Crippen LogP contribution in [0.2, 0.25) is 0 Å². The van der Waals surface area contributed by atoms with Gasteiger partial charge in [0.25, 0.3) is 0 Å². The lowest BCUT2D eigenvalue weighted by molar-refractivity contribution is 0.868. The Kier molecular flexibility index (Phi) is 12.8. The molecule has 402 valence electrons. The second kappa shape index (κ2) is 20.1. The van der Waals surface area contributed by atoms with Crippen LogP contribution in [0, 0.1) is 0 Å². The van der Waals surface area contributed by atoms with Crippen molar-refractivity contribution in [2.45, 2.75) is 119 Å². The lowest BCUT2D eigenvalue weighted by atomic mass is 9.98. The first-order valence-electron chi connectivity index (χ1n) is 29.0. The zero-order valence-corrected chi connectivity index (χ0v) is 48.6. The van der Waals surface area contributed by atoms with Crippen LogP contribution in [-0.4, -0.2) is 43.6 Å². The monoisotopic (exact) mass is 1060 g/mol. The fraction of sp³-hybridized carbons (Fsp3) is 0.250. The summed E-state index contributed by atoms with van der Waals surface area (Å²) in [6, 6.07) is 53.6. The van der Waals surface area contributed by atoms with Crippen LogP contribution < -0.4 is 0 Å². The first kappa shape index (κ1) is 51.6. The molecule has 0 N–H and O–H groups in total. The molecule has 0 aliphatic rings.